The highest BCUT2D eigenvalue weighted by atomic mass is 32.2. The minimum atomic E-state index is -3.81. The quantitative estimate of drug-likeness (QED) is 0.373. The number of hydrogen-bond donors (Lipinski definition) is 0. The molecular weight excluding hydrogens is 430 g/mol. The van der Waals surface area contributed by atoms with Crippen LogP contribution in [0.15, 0.2) is 69.4 Å². The maximum absolute atomic E-state index is 13.4. The summed E-state index contributed by atoms with van der Waals surface area (Å²) in [5, 5.41) is 5.79. The van der Waals surface area contributed by atoms with E-state index < -0.39 is 10.0 Å². The molecule has 0 bridgehead atoms. The lowest BCUT2D eigenvalue weighted by molar-refractivity contribution is 0.432. The van der Waals surface area contributed by atoms with Gasteiger partial charge in [0.15, 0.2) is 0 Å². The van der Waals surface area contributed by atoms with Crippen LogP contribution in [0.5, 0.6) is 0 Å². The first-order valence-corrected chi connectivity index (χ1v) is 12.2. The van der Waals surface area contributed by atoms with Crippen molar-refractivity contribution in [1.82, 2.24) is 10.1 Å². The zero-order chi connectivity index (χ0) is 22.2. The van der Waals surface area contributed by atoms with Crippen molar-refractivity contribution < 1.29 is 12.9 Å². The third-order valence-electron chi connectivity index (χ3n) is 5.20. The van der Waals surface area contributed by atoms with E-state index in [-0.39, 0.29) is 10.8 Å². The van der Waals surface area contributed by atoms with Gasteiger partial charge in [-0.3, -0.25) is 4.31 Å². The number of thiophene rings is 1. The van der Waals surface area contributed by atoms with Gasteiger partial charge in [0.2, 0.25) is 5.82 Å². The molecule has 8 heteroatoms. The van der Waals surface area contributed by atoms with E-state index in [1.54, 1.807) is 18.5 Å². The number of aromatic nitrogens is 2. The summed E-state index contributed by atoms with van der Waals surface area (Å²) in [6.45, 7) is 6.16. The molecule has 0 N–H and O–H groups in total. The van der Waals surface area contributed by atoms with Crippen LogP contribution < -0.4 is 4.31 Å². The molecule has 31 heavy (non-hydrogen) atoms. The van der Waals surface area contributed by atoms with Gasteiger partial charge in [-0.15, -0.1) is 11.3 Å². The van der Waals surface area contributed by atoms with Gasteiger partial charge >= 0.3 is 0 Å². The summed E-state index contributed by atoms with van der Waals surface area (Å²) in [7, 11) is -2.26. The molecule has 4 aromatic rings. The van der Waals surface area contributed by atoms with Crippen LogP contribution in [0.2, 0.25) is 0 Å². The molecule has 4 rings (SSSR count). The molecule has 2 heterocycles. The molecule has 0 aliphatic carbocycles. The van der Waals surface area contributed by atoms with E-state index in [4.69, 9.17) is 4.52 Å². The van der Waals surface area contributed by atoms with Crippen LogP contribution >= 0.6 is 11.3 Å². The molecular formula is C23H23N3O3S2. The molecule has 0 saturated carbocycles. The highest BCUT2D eigenvalue weighted by Gasteiger charge is 2.28. The van der Waals surface area contributed by atoms with Gasteiger partial charge in [0.1, 0.15) is 9.77 Å². The van der Waals surface area contributed by atoms with Crippen LogP contribution in [0, 0.1) is 6.92 Å². The Morgan fingerprint density at radius 2 is 1.74 bits per heavy atom. The molecule has 0 amide bonds. The first-order valence-electron chi connectivity index (χ1n) is 9.85. The molecule has 2 aromatic carbocycles. The number of rotatable bonds is 6. The number of hydrogen-bond acceptors (Lipinski definition) is 6. The fraction of sp³-hybridized carbons (Fsp3) is 0.217. The Morgan fingerprint density at radius 1 is 1.03 bits per heavy atom. The zero-order valence-electron chi connectivity index (χ0n) is 17.7. The summed E-state index contributed by atoms with van der Waals surface area (Å²) in [6, 6.07) is 16.8. The molecule has 0 fully saturated rings. The summed E-state index contributed by atoms with van der Waals surface area (Å²) >= 11 is 1.26. The lowest BCUT2D eigenvalue weighted by Crippen LogP contribution is -2.26. The Hall–Kier alpha value is -2.97. The van der Waals surface area contributed by atoms with Crippen molar-refractivity contribution in [2.45, 2.75) is 31.6 Å². The van der Waals surface area contributed by atoms with Crippen molar-refractivity contribution in [2.24, 2.45) is 0 Å². The predicted octanol–water partition coefficient (Wildman–Crippen LogP) is 5.72. The maximum atomic E-state index is 13.4. The first kappa shape index (κ1) is 21.3. The van der Waals surface area contributed by atoms with Crippen molar-refractivity contribution in [3.05, 3.63) is 71.1 Å². The SMILES string of the molecule is Cc1ccccc1-c1noc(-c2sccc2S(=O)(=O)N(C)c2ccc(C(C)C)cc2)n1. The molecule has 2 aromatic heterocycles. The normalized spacial score (nSPS) is 11.8. The van der Waals surface area contributed by atoms with Crippen LogP contribution in [0.4, 0.5) is 5.69 Å². The Bertz CT molecular complexity index is 1310. The molecule has 0 spiro atoms. The molecule has 0 unspecified atom stereocenters. The van der Waals surface area contributed by atoms with Gasteiger partial charge in [0.25, 0.3) is 15.9 Å². The van der Waals surface area contributed by atoms with Crippen molar-refractivity contribution >= 4 is 27.0 Å². The Balaban J connectivity index is 1.68. The number of sulfonamides is 1. The average Bonchev–Trinajstić information content (AvgIpc) is 3.43. The van der Waals surface area contributed by atoms with Crippen LogP contribution in [0.1, 0.15) is 30.9 Å². The molecule has 6 nitrogen and oxygen atoms in total. The summed E-state index contributed by atoms with van der Waals surface area (Å²) < 4.78 is 33.5. The molecule has 0 aliphatic rings. The monoisotopic (exact) mass is 453 g/mol. The number of anilines is 1. The highest BCUT2D eigenvalue weighted by Crippen LogP contribution is 2.36. The second-order valence-electron chi connectivity index (χ2n) is 7.57. The van der Waals surface area contributed by atoms with E-state index in [1.807, 2.05) is 55.5 Å². The molecule has 160 valence electrons. The highest BCUT2D eigenvalue weighted by molar-refractivity contribution is 7.93. The standard InChI is InChI=1S/C23H23N3O3S2/c1-15(2)17-9-11-18(12-10-17)26(4)31(27,28)20-13-14-30-21(20)23-24-22(25-29-23)19-8-6-5-7-16(19)3/h5-15H,1-4H3. The largest absolute Gasteiger partial charge is 0.333 e. The Kier molecular flexibility index (Phi) is 5.68. The van der Waals surface area contributed by atoms with Gasteiger partial charge in [-0.2, -0.15) is 4.98 Å². The lowest BCUT2D eigenvalue weighted by atomic mass is 10.0. The van der Waals surface area contributed by atoms with E-state index >= 15 is 0 Å². The van der Waals surface area contributed by atoms with Crippen LogP contribution in [-0.2, 0) is 10.0 Å². The molecule has 0 radical (unpaired) electrons. The fourth-order valence-corrected chi connectivity index (χ4v) is 5.77. The first-order chi connectivity index (χ1) is 14.8. The zero-order valence-corrected chi connectivity index (χ0v) is 19.4. The van der Waals surface area contributed by atoms with Gasteiger partial charge in [0.05, 0.1) is 5.69 Å². The molecule has 0 saturated heterocycles. The Labute approximate surface area is 186 Å². The topological polar surface area (TPSA) is 76.3 Å². The number of aryl methyl sites for hydroxylation is 1. The summed E-state index contributed by atoms with van der Waals surface area (Å²) in [5.74, 6) is 0.997. The minimum absolute atomic E-state index is 0.146. The predicted molar refractivity (Wildman–Crippen MR) is 124 cm³/mol. The third kappa shape index (κ3) is 4.00. The minimum Gasteiger partial charge on any atom is -0.333 e. The van der Waals surface area contributed by atoms with Gasteiger partial charge in [-0.25, -0.2) is 8.42 Å². The number of nitrogens with zero attached hydrogens (tertiary/aromatic N) is 3. The van der Waals surface area contributed by atoms with Crippen molar-refractivity contribution in [2.75, 3.05) is 11.4 Å². The van der Waals surface area contributed by atoms with Gasteiger partial charge in [-0.1, -0.05) is 55.4 Å². The van der Waals surface area contributed by atoms with Crippen LogP contribution in [0.3, 0.4) is 0 Å². The van der Waals surface area contributed by atoms with E-state index in [1.165, 1.54) is 15.6 Å². The van der Waals surface area contributed by atoms with E-state index in [2.05, 4.69) is 24.0 Å². The number of benzene rings is 2. The van der Waals surface area contributed by atoms with Gasteiger partial charge in [-0.05, 0) is 47.5 Å². The maximum Gasteiger partial charge on any atom is 0.269 e. The average molecular weight is 454 g/mol. The fourth-order valence-electron chi connectivity index (χ4n) is 3.26. The van der Waals surface area contributed by atoms with Gasteiger partial charge in [0, 0.05) is 12.6 Å². The lowest BCUT2D eigenvalue weighted by Gasteiger charge is -2.20. The summed E-state index contributed by atoms with van der Waals surface area (Å²) in [5.41, 5.74) is 3.60. The molecule has 0 aliphatic heterocycles. The summed E-state index contributed by atoms with van der Waals surface area (Å²) in [6.07, 6.45) is 0. The van der Waals surface area contributed by atoms with Crippen molar-refractivity contribution in [3.63, 3.8) is 0 Å². The third-order valence-corrected chi connectivity index (χ3v) is 8.06. The van der Waals surface area contributed by atoms with Crippen molar-refractivity contribution in [1.29, 1.82) is 0 Å². The Morgan fingerprint density at radius 3 is 2.42 bits per heavy atom. The van der Waals surface area contributed by atoms with E-state index in [9.17, 15) is 8.42 Å². The van der Waals surface area contributed by atoms with Crippen LogP contribution in [0.25, 0.3) is 22.2 Å². The summed E-state index contributed by atoms with van der Waals surface area (Å²) in [4.78, 5) is 5.05. The smallest absolute Gasteiger partial charge is 0.269 e. The second kappa shape index (κ2) is 8.28. The van der Waals surface area contributed by atoms with Crippen LogP contribution in [-0.4, -0.2) is 25.6 Å². The second-order valence-corrected chi connectivity index (χ2v) is 10.4. The van der Waals surface area contributed by atoms with E-state index in [0.29, 0.717) is 22.3 Å². The van der Waals surface area contributed by atoms with Crippen molar-refractivity contribution in [3.8, 4) is 22.2 Å². The van der Waals surface area contributed by atoms with Gasteiger partial charge < -0.3 is 4.52 Å². The molecule has 0 atom stereocenters. The van der Waals surface area contributed by atoms with E-state index in [0.717, 1.165) is 16.7 Å².